The molecule has 2 aromatic carbocycles. The number of hydrogen-bond acceptors (Lipinski definition) is 2. The lowest BCUT2D eigenvalue weighted by molar-refractivity contribution is 0.100. The molecule has 0 radical (unpaired) electrons. The van der Waals surface area contributed by atoms with Crippen LogP contribution in [0.3, 0.4) is 0 Å². The summed E-state index contributed by atoms with van der Waals surface area (Å²) in [4.78, 5) is 11.2. The van der Waals surface area contributed by atoms with Gasteiger partial charge in [0.1, 0.15) is 6.67 Å². The lowest BCUT2D eigenvalue weighted by Gasteiger charge is -2.10. The fourth-order valence-electron chi connectivity index (χ4n) is 1.64. The van der Waals surface area contributed by atoms with Crippen molar-refractivity contribution in [2.24, 2.45) is 5.73 Å². The summed E-state index contributed by atoms with van der Waals surface area (Å²) in [6, 6.07) is 13.9. The lowest BCUT2D eigenvalue weighted by Crippen LogP contribution is -2.13. The molecule has 4 heteroatoms. The third kappa shape index (κ3) is 2.66. The lowest BCUT2D eigenvalue weighted by atomic mass is 10.1. The van der Waals surface area contributed by atoms with Crippen molar-refractivity contribution in [3.05, 3.63) is 59.7 Å². The number of carbonyl (C=O) groups is 1. The van der Waals surface area contributed by atoms with Crippen molar-refractivity contribution in [1.82, 2.24) is 0 Å². The average Bonchev–Trinajstić information content (AvgIpc) is 2.40. The molecule has 1 amide bonds. The second kappa shape index (κ2) is 5.31. The number of alkyl halides is 1. The van der Waals surface area contributed by atoms with E-state index in [4.69, 9.17) is 5.73 Å². The van der Waals surface area contributed by atoms with Crippen LogP contribution in [-0.4, -0.2) is 5.91 Å². The van der Waals surface area contributed by atoms with Crippen LogP contribution in [0.5, 0.6) is 0 Å². The van der Waals surface area contributed by atoms with Gasteiger partial charge in [0.05, 0.1) is 11.3 Å². The quantitative estimate of drug-likeness (QED) is 0.868. The number of para-hydroxylation sites is 1. The highest BCUT2D eigenvalue weighted by atomic mass is 19.1. The Bertz CT molecular complexity index is 552. The number of benzene rings is 2. The molecule has 2 aromatic rings. The first-order valence-corrected chi connectivity index (χ1v) is 5.51. The van der Waals surface area contributed by atoms with Crippen LogP contribution in [0.1, 0.15) is 15.9 Å². The minimum absolute atomic E-state index is 0.423. The van der Waals surface area contributed by atoms with E-state index in [9.17, 15) is 9.18 Å². The number of primary amides is 1. The maximum absolute atomic E-state index is 12.4. The first-order chi connectivity index (χ1) is 8.70. The molecule has 0 atom stereocenters. The standard InChI is InChI=1S/C14H13FN2O/c15-9-10-5-7-11(8-6-10)17-13-4-2-1-3-12(13)14(16)18/h1-8,17H,9H2,(H2,16,18). The molecule has 0 saturated carbocycles. The maximum Gasteiger partial charge on any atom is 0.250 e. The van der Waals surface area contributed by atoms with Crippen molar-refractivity contribution in [2.75, 3.05) is 5.32 Å². The molecular formula is C14H13FN2O. The van der Waals surface area contributed by atoms with E-state index in [1.807, 2.05) is 6.07 Å². The van der Waals surface area contributed by atoms with Crippen molar-refractivity contribution in [2.45, 2.75) is 6.67 Å². The van der Waals surface area contributed by atoms with Crippen LogP contribution in [0.2, 0.25) is 0 Å². The summed E-state index contributed by atoms with van der Waals surface area (Å²) in [6.45, 7) is -0.488. The van der Waals surface area contributed by atoms with Gasteiger partial charge < -0.3 is 11.1 Å². The number of nitrogens with one attached hydrogen (secondary N) is 1. The molecule has 0 unspecified atom stereocenters. The molecule has 0 heterocycles. The number of amides is 1. The average molecular weight is 244 g/mol. The van der Waals surface area contributed by atoms with E-state index >= 15 is 0 Å². The molecule has 0 bridgehead atoms. The number of carbonyl (C=O) groups excluding carboxylic acids is 1. The van der Waals surface area contributed by atoms with Crippen LogP contribution in [0, 0.1) is 0 Å². The van der Waals surface area contributed by atoms with Crippen molar-refractivity contribution < 1.29 is 9.18 Å². The molecular weight excluding hydrogens is 231 g/mol. The van der Waals surface area contributed by atoms with Gasteiger partial charge in [-0.3, -0.25) is 4.79 Å². The highest BCUT2D eigenvalue weighted by Gasteiger charge is 2.06. The molecule has 0 fully saturated rings. The summed E-state index contributed by atoms with van der Waals surface area (Å²) in [5.74, 6) is -0.488. The predicted octanol–water partition coefficient (Wildman–Crippen LogP) is 3.00. The highest BCUT2D eigenvalue weighted by molar-refractivity contribution is 5.99. The normalized spacial score (nSPS) is 10.1. The Labute approximate surface area is 104 Å². The van der Waals surface area contributed by atoms with Gasteiger partial charge in [-0.25, -0.2) is 4.39 Å². The molecule has 92 valence electrons. The van der Waals surface area contributed by atoms with E-state index in [1.54, 1.807) is 42.5 Å². The van der Waals surface area contributed by atoms with Crippen molar-refractivity contribution >= 4 is 17.3 Å². The van der Waals surface area contributed by atoms with E-state index in [-0.39, 0.29) is 0 Å². The smallest absolute Gasteiger partial charge is 0.250 e. The summed E-state index contributed by atoms with van der Waals surface area (Å²) in [5.41, 5.74) is 7.74. The first-order valence-electron chi connectivity index (χ1n) is 5.51. The van der Waals surface area contributed by atoms with Crippen LogP contribution in [-0.2, 0) is 6.67 Å². The molecule has 18 heavy (non-hydrogen) atoms. The minimum Gasteiger partial charge on any atom is -0.366 e. The Morgan fingerprint density at radius 1 is 1.11 bits per heavy atom. The topological polar surface area (TPSA) is 55.1 Å². The van der Waals surface area contributed by atoms with Gasteiger partial charge in [0.15, 0.2) is 0 Å². The monoisotopic (exact) mass is 244 g/mol. The highest BCUT2D eigenvalue weighted by Crippen LogP contribution is 2.21. The molecule has 0 saturated heterocycles. The number of halogens is 1. The Balaban J connectivity index is 2.25. The molecule has 0 aliphatic heterocycles. The van der Waals surface area contributed by atoms with E-state index in [0.29, 0.717) is 16.8 Å². The van der Waals surface area contributed by atoms with Gasteiger partial charge >= 0.3 is 0 Å². The third-order valence-electron chi connectivity index (χ3n) is 2.58. The number of anilines is 2. The Morgan fingerprint density at radius 3 is 2.39 bits per heavy atom. The molecule has 3 nitrogen and oxygen atoms in total. The van der Waals surface area contributed by atoms with Gasteiger partial charge in [-0.2, -0.15) is 0 Å². The first kappa shape index (κ1) is 12.1. The van der Waals surface area contributed by atoms with Gasteiger partial charge in [0.25, 0.3) is 5.91 Å². The molecule has 0 aliphatic carbocycles. The van der Waals surface area contributed by atoms with Gasteiger partial charge in [-0.1, -0.05) is 24.3 Å². The zero-order valence-electron chi connectivity index (χ0n) is 9.69. The Hall–Kier alpha value is -2.36. The van der Waals surface area contributed by atoms with Gasteiger partial charge in [-0.05, 0) is 29.8 Å². The molecule has 0 aliphatic rings. The number of rotatable bonds is 4. The van der Waals surface area contributed by atoms with E-state index in [2.05, 4.69) is 5.32 Å². The predicted molar refractivity (Wildman–Crippen MR) is 69.5 cm³/mol. The Kier molecular flexibility index (Phi) is 3.57. The summed E-state index contributed by atoms with van der Waals surface area (Å²) >= 11 is 0. The second-order valence-electron chi connectivity index (χ2n) is 3.87. The fourth-order valence-corrected chi connectivity index (χ4v) is 1.64. The van der Waals surface area contributed by atoms with Crippen molar-refractivity contribution in [3.8, 4) is 0 Å². The van der Waals surface area contributed by atoms with Crippen LogP contribution >= 0.6 is 0 Å². The summed E-state index contributed by atoms with van der Waals surface area (Å²) < 4.78 is 12.4. The fraction of sp³-hybridized carbons (Fsp3) is 0.0714. The summed E-state index contributed by atoms with van der Waals surface area (Å²) in [6.07, 6.45) is 0. The van der Waals surface area contributed by atoms with Crippen LogP contribution < -0.4 is 11.1 Å². The largest absolute Gasteiger partial charge is 0.366 e. The van der Waals surface area contributed by atoms with E-state index in [1.165, 1.54) is 0 Å². The van der Waals surface area contributed by atoms with E-state index < -0.39 is 12.6 Å². The second-order valence-corrected chi connectivity index (χ2v) is 3.87. The van der Waals surface area contributed by atoms with Gasteiger partial charge in [-0.15, -0.1) is 0 Å². The minimum atomic E-state index is -0.488. The Morgan fingerprint density at radius 2 is 1.78 bits per heavy atom. The molecule has 0 spiro atoms. The number of nitrogens with two attached hydrogens (primary N) is 1. The van der Waals surface area contributed by atoms with Crippen LogP contribution in [0.15, 0.2) is 48.5 Å². The van der Waals surface area contributed by atoms with Crippen LogP contribution in [0.4, 0.5) is 15.8 Å². The van der Waals surface area contributed by atoms with Crippen molar-refractivity contribution in [3.63, 3.8) is 0 Å². The van der Waals surface area contributed by atoms with Gasteiger partial charge in [0, 0.05) is 5.69 Å². The zero-order chi connectivity index (χ0) is 13.0. The van der Waals surface area contributed by atoms with Gasteiger partial charge in [0.2, 0.25) is 0 Å². The summed E-state index contributed by atoms with van der Waals surface area (Å²) in [7, 11) is 0. The molecule has 2 rings (SSSR count). The molecule has 0 aromatic heterocycles. The maximum atomic E-state index is 12.4. The third-order valence-corrected chi connectivity index (χ3v) is 2.58. The van der Waals surface area contributed by atoms with E-state index in [0.717, 1.165) is 5.69 Å². The zero-order valence-corrected chi connectivity index (χ0v) is 9.69. The number of hydrogen-bond donors (Lipinski definition) is 2. The SMILES string of the molecule is NC(=O)c1ccccc1Nc1ccc(CF)cc1. The van der Waals surface area contributed by atoms with Crippen molar-refractivity contribution in [1.29, 1.82) is 0 Å². The van der Waals surface area contributed by atoms with Crippen LogP contribution in [0.25, 0.3) is 0 Å². The summed E-state index contributed by atoms with van der Waals surface area (Å²) in [5, 5.41) is 3.08. The molecule has 3 N–H and O–H groups in total.